The second-order valence-corrected chi connectivity index (χ2v) is 9.74. The molecule has 0 aliphatic rings. The monoisotopic (exact) mass is 529 g/mol. The van der Waals surface area contributed by atoms with Crippen LogP contribution in [-0.2, 0) is 6.61 Å². The number of para-hydroxylation sites is 1. The van der Waals surface area contributed by atoms with Crippen molar-refractivity contribution in [2.45, 2.75) is 6.61 Å². The summed E-state index contributed by atoms with van der Waals surface area (Å²) in [7, 11) is 0. The number of carbonyl (C=O) groups is 1. The molecule has 5 nitrogen and oxygen atoms in total. The summed E-state index contributed by atoms with van der Waals surface area (Å²) in [6.45, 7) is 0.412. The van der Waals surface area contributed by atoms with Crippen LogP contribution in [0, 0.1) is 0 Å². The Hall–Kier alpha value is -3.78. The molecule has 0 aliphatic heterocycles. The third-order valence-corrected chi connectivity index (χ3v) is 6.95. The minimum Gasteiger partial charge on any atom is -0.489 e. The summed E-state index contributed by atoms with van der Waals surface area (Å²) in [6, 6.07) is 30.3. The number of thiazole rings is 1. The largest absolute Gasteiger partial charge is 0.489 e. The van der Waals surface area contributed by atoms with Gasteiger partial charge in [-0.3, -0.25) is 10.1 Å². The van der Waals surface area contributed by atoms with Crippen molar-refractivity contribution in [3.05, 3.63) is 113 Å². The summed E-state index contributed by atoms with van der Waals surface area (Å²) < 4.78 is 6.93. The number of benzene rings is 4. The molecule has 0 aliphatic carbocycles. The van der Waals surface area contributed by atoms with E-state index in [1.807, 2.05) is 72.8 Å². The van der Waals surface area contributed by atoms with E-state index >= 15 is 0 Å². The minimum absolute atomic E-state index is 0.138. The molecule has 4 aromatic carbocycles. The topological polar surface area (TPSA) is 63.2 Å². The molecule has 36 heavy (non-hydrogen) atoms. The van der Waals surface area contributed by atoms with E-state index in [9.17, 15) is 4.79 Å². The predicted octanol–water partition coefficient (Wildman–Crippen LogP) is 7.32. The summed E-state index contributed by atoms with van der Waals surface area (Å²) in [5.41, 5.74) is 3.90. The van der Waals surface area contributed by atoms with Gasteiger partial charge in [0.05, 0.1) is 20.9 Å². The maximum Gasteiger partial charge on any atom is 0.257 e. The van der Waals surface area contributed by atoms with Crippen LogP contribution >= 0.6 is 35.2 Å². The molecule has 0 fully saturated rings. The van der Waals surface area contributed by atoms with Crippen molar-refractivity contribution in [1.29, 1.82) is 0 Å². The number of ether oxygens (including phenoxy) is 1. The molecular formula is C28H20ClN3O2S2. The normalized spacial score (nSPS) is 10.7. The number of carbonyl (C=O) groups excluding carboxylic acids is 1. The number of anilines is 1. The Morgan fingerprint density at radius 3 is 2.58 bits per heavy atom. The molecule has 1 amide bonds. The second kappa shape index (κ2) is 10.9. The SMILES string of the molecule is O=C(NC(=S)Nc1cc(-c2nc3ccccc3s2)ccc1Cl)c1cccc(OCc2ccccc2)c1. The molecule has 5 aromatic rings. The number of halogens is 1. The number of hydrogen-bond donors (Lipinski definition) is 2. The van der Waals surface area contributed by atoms with Crippen LogP contribution in [0.3, 0.4) is 0 Å². The summed E-state index contributed by atoms with van der Waals surface area (Å²) in [6.07, 6.45) is 0. The van der Waals surface area contributed by atoms with Crippen LogP contribution in [0.1, 0.15) is 15.9 Å². The predicted molar refractivity (Wildman–Crippen MR) is 151 cm³/mol. The van der Waals surface area contributed by atoms with Gasteiger partial charge in [-0.1, -0.05) is 66.2 Å². The number of hydrogen-bond acceptors (Lipinski definition) is 5. The van der Waals surface area contributed by atoms with Crippen LogP contribution in [0.4, 0.5) is 5.69 Å². The molecular weight excluding hydrogens is 510 g/mol. The number of fused-ring (bicyclic) bond motifs is 1. The smallest absolute Gasteiger partial charge is 0.257 e. The molecule has 178 valence electrons. The highest BCUT2D eigenvalue weighted by Gasteiger charge is 2.13. The fraction of sp³-hybridized carbons (Fsp3) is 0.0357. The molecule has 0 radical (unpaired) electrons. The van der Waals surface area contributed by atoms with Crippen LogP contribution in [0.25, 0.3) is 20.8 Å². The zero-order valence-electron chi connectivity index (χ0n) is 18.9. The Morgan fingerprint density at radius 1 is 0.944 bits per heavy atom. The molecule has 5 rings (SSSR count). The number of nitrogens with zero attached hydrogens (tertiary/aromatic N) is 1. The van der Waals surface area contributed by atoms with E-state index in [1.165, 1.54) is 0 Å². The zero-order valence-corrected chi connectivity index (χ0v) is 21.3. The van der Waals surface area contributed by atoms with Gasteiger partial charge in [-0.15, -0.1) is 11.3 Å². The van der Waals surface area contributed by atoms with Gasteiger partial charge in [0.15, 0.2) is 5.11 Å². The molecule has 1 aromatic heterocycles. The molecule has 1 heterocycles. The van der Waals surface area contributed by atoms with Gasteiger partial charge in [-0.05, 0) is 60.2 Å². The summed E-state index contributed by atoms with van der Waals surface area (Å²) in [4.78, 5) is 17.5. The average Bonchev–Trinajstić information content (AvgIpc) is 3.34. The van der Waals surface area contributed by atoms with Crippen LogP contribution in [0.5, 0.6) is 5.75 Å². The van der Waals surface area contributed by atoms with Crippen molar-refractivity contribution in [2.24, 2.45) is 0 Å². The van der Waals surface area contributed by atoms with Gasteiger partial charge in [0, 0.05) is 11.1 Å². The maximum atomic E-state index is 12.8. The highest BCUT2D eigenvalue weighted by molar-refractivity contribution is 7.80. The fourth-order valence-corrected chi connectivity index (χ4v) is 4.88. The van der Waals surface area contributed by atoms with Gasteiger partial charge in [0.1, 0.15) is 17.4 Å². The Labute approximate surface area is 222 Å². The highest BCUT2D eigenvalue weighted by Crippen LogP contribution is 2.33. The van der Waals surface area contributed by atoms with Crippen molar-refractivity contribution >= 4 is 62.1 Å². The summed E-state index contributed by atoms with van der Waals surface area (Å²) in [5, 5.41) is 7.23. The van der Waals surface area contributed by atoms with Gasteiger partial charge in [0.25, 0.3) is 5.91 Å². The fourth-order valence-electron chi connectivity index (χ4n) is 3.55. The van der Waals surface area contributed by atoms with Gasteiger partial charge < -0.3 is 10.1 Å². The van der Waals surface area contributed by atoms with E-state index < -0.39 is 0 Å². The quantitative estimate of drug-likeness (QED) is 0.226. The van der Waals surface area contributed by atoms with E-state index in [4.69, 9.17) is 33.5 Å². The standard InChI is InChI=1S/C28H20ClN3O2S2/c29-22-14-13-20(27-30-23-11-4-5-12-25(23)36-27)16-24(22)31-28(35)32-26(33)19-9-6-10-21(15-19)34-17-18-7-2-1-3-8-18/h1-16H,17H2,(H2,31,32,33,35). The van der Waals surface area contributed by atoms with E-state index in [0.29, 0.717) is 28.6 Å². The third kappa shape index (κ3) is 5.71. The van der Waals surface area contributed by atoms with Crippen LogP contribution in [-0.4, -0.2) is 16.0 Å². The van der Waals surface area contributed by atoms with E-state index in [-0.39, 0.29) is 11.0 Å². The first-order chi connectivity index (χ1) is 17.5. The molecule has 0 atom stereocenters. The first-order valence-corrected chi connectivity index (χ1v) is 12.7. The van der Waals surface area contributed by atoms with Crippen molar-refractivity contribution in [3.63, 3.8) is 0 Å². The lowest BCUT2D eigenvalue weighted by Crippen LogP contribution is -2.34. The number of nitrogens with one attached hydrogen (secondary N) is 2. The Kier molecular flexibility index (Phi) is 7.23. The van der Waals surface area contributed by atoms with Crippen molar-refractivity contribution in [2.75, 3.05) is 5.32 Å². The zero-order chi connectivity index (χ0) is 24.9. The first-order valence-electron chi connectivity index (χ1n) is 11.1. The van der Waals surface area contributed by atoms with Crippen LogP contribution in [0.2, 0.25) is 5.02 Å². The molecule has 8 heteroatoms. The van der Waals surface area contributed by atoms with Gasteiger partial charge in [-0.2, -0.15) is 0 Å². The maximum absolute atomic E-state index is 12.8. The van der Waals surface area contributed by atoms with Crippen LogP contribution < -0.4 is 15.4 Å². The van der Waals surface area contributed by atoms with Crippen molar-refractivity contribution in [1.82, 2.24) is 10.3 Å². The third-order valence-electron chi connectivity index (χ3n) is 5.33. The molecule has 0 bridgehead atoms. The summed E-state index contributed by atoms with van der Waals surface area (Å²) >= 11 is 13.4. The Balaban J connectivity index is 1.25. The number of thiocarbonyl (C=S) groups is 1. The molecule has 0 saturated carbocycles. The number of amides is 1. The van der Waals surface area contributed by atoms with Crippen molar-refractivity contribution in [3.8, 4) is 16.3 Å². The number of rotatable bonds is 6. The number of aromatic nitrogens is 1. The van der Waals surface area contributed by atoms with Gasteiger partial charge >= 0.3 is 0 Å². The van der Waals surface area contributed by atoms with Crippen molar-refractivity contribution < 1.29 is 9.53 Å². The minimum atomic E-state index is -0.351. The Morgan fingerprint density at radius 2 is 1.75 bits per heavy atom. The lowest BCUT2D eigenvalue weighted by Gasteiger charge is -2.12. The lowest BCUT2D eigenvalue weighted by molar-refractivity contribution is 0.0977. The molecule has 0 unspecified atom stereocenters. The van der Waals surface area contributed by atoms with Gasteiger partial charge in [-0.25, -0.2) is 4.98 Å². The molecule has 2 N–H and O–H groups in total. The molecule has 0 saturated heterocycles. The molecule has 0 spiro atoms. The second-order valence-electron chi connectivity index (χ2n) is 7.89. The highest BCUT2D eigenvalue weighted by atomic mass is 35.5. The lowest BCUT2D eigenvalue weighted by atomic mass is 10.2. The van der Waals surface area contributed by atoms with Gasteiger partial charge in [0.2, 0.25) is 0 Å². The summed E-state index contributed by atoms with van der Waals surface area (Å²) in [5.74, 6) is 0.244. The first kappa shape index (κ1) is 23.9. The van der Waals surface area contributed by atoms with E-state index in [2.05, 4.69) is 10.6 Å². The average molecular weight is 530 g/mol. The van der Waals surface area contributed by atoms with E-state index in [1.54, 1.807) is 35.6 Å². The van der Waals surface area contributed by atoms with E-state index in [0.717, 1.165) is 26.4 Å². The Bertz CT molecular complexity index is 1520. The van der Waals surface area contributed by atoms with Crippen LogP contribution in [0.15, 0.2) is 97.1 Å².